The van der Waals surface area contributed by atoms with E-state index in [-0.39, 0.29) is 24.3 Å². The number of carboxylic acid groups (broad SMARTS) is 1. The summed E-state index contributed by atoms with van der Waals surface area (Å²) in [6.07, 6.45) is -0.451. The number of aromatic nitrogens is 1. The van der Waals surface area contributed by atoms with Gasteiger partial charge in [-0.2, -0.15) is 5.26 Å². The molecule has 1 unspecified atom stereocenters. The molecule has 0 radical (unpaired) electrons. The Kier molecular flexibility index (Phi) is 3.34. The van der Waals surface area contributed by atoms with Crippen LogP contribution in [-0.2, 0) is 0 Å². The van der Waals surface area contributed by atoms with E-state index in [0.29, 0.717) is 0 Å². The third-order valence-corrected chi connectivity index (χ3v) is 3.20. The fourth-order valence-corrected chi connectivity index (χ4v) is 2.15. The lowest BCUT2D eigenvalue weighted by molar-refractivity contribution is -0.0705. The van der Waals surface area contributed by atoms with Gasteiger partial charge in [-0.15, -0.1) is 0 Å². The molecule has 1 aliphatic heterocycles. The first-order valence-electron chi connectivity index (χ1n) is 5.66. The van der Waals surface area contributed by atoms with Crippen molar-refractivity contribution in [2.24, 2.45) is 0 Å². The summed E-state index contributed by atoms with van der Waals surface area (Å²) in [7, 11) is 0. The Morgan fingerprint density at radius 1 is 1.63 bits per heavy atom. The van der Waals surface area contributed by atoms with Crippen molar-refractivity contribution in [1.29, 1.82) is 5.26 Å². The van der Waals surface area contributed by atoms with E-state index in [9.17, 15) is 13.6 Å². The topological polar surface area (TPSA) is 77.2 Å². The van der Waals surface area contributed by atoms with Crippen LogP contribution in [-0.4, -0.2) is 40.1 Å². The second-order valence-corrected chi connectivity index (χ2v) is 4.38. The van der Waals surface area contributed by atoms with Gasteiger partial charge in [0.1, 0.15) is 11.8 Å². The van der Waals surface area contributed by atoms with Crippen LogP contribution in [0, 0.1) is 11.3 Å². The van der Waals surface area contributed by atoms with E-state index in [4.69, 9.17) is 10.4 Å². The van der Waals surface area contributed by atoms with Crippen molar-refractivity contribution >= 4 is 6.09 Å². The van der Waals surface area contributed by atoms with Gasteiger partial charge in [0.25, 0.3) is 5.92 Å². The summed E-state index contributed by atoms with van der Waals surface area (Å²) in [5, 5.41) is 17.6. The lowest BCUT2D eigenvalue weighted by Crippen LogP contribution is -2.47. The van der Waals surface area contributed by atoms with Gasteiger partial charge in [0, 0.05) is 25.7 Å². The molecule has 0 saturated carbocycles. The molecule has 0 bridgehead atoms. The van der Waals surface area contributed by atoms with Crippen molar-refractivity contribution in [3.05, 3.63) is 29.6 Å². The summed E-state index contributed by atoms with van der Waals surface area (Å²) in [6.45, 7) is -0.466. The second-order valence-electron chi connectivity index (χ2n) is 4.38. The maximum absolute atomic E-state index is 13.9. The predicted octanol–water partition coefficient (Wildman–Crippen LogP) is 2.06. The monoisotopic (exact) mass is 267 g/mol. The molecule has 1 aliphatic rings. The number of amides is 1. The molecule has 2 rings (SSSR count). The number of carbonyl (C=O) groups is 1. The van der Waals surface area contributed by atoms with E-state index in [1.54, 1.807) is 6.07 Å². The first kappa shape index (κ1) is 13.2. The Bertz CT molecular complexity index is 542. The van der Waals surface area contributed by atoms with E-state index in [0.717, 1.165) is 4.90 Å². The van der Waals surface area contributed by atoms with Gasteiger partial charge < -0.3 is 10.0 Å². The first-order chi connectivity index (χ1) is 8.94. The molecule has 7 heteroatoms. The van der Waals surface area contributed by atoms with Gasteiger partial charge in [0.15, 0.2) is 0 Å². The SMILES string of the molecule is N#Cc1cc(C2CN(C(=O)O)CCC2(F)F)ccn1. The fourth-order valence-electron chi connectivity index (χ4n) is 2.15. The van der Waals surface area contributed by atoms with Crippen molar-refractivity contribution in [2.45, 2.75) is 18.3 Å². The molecule has 1 aromatic heterocycles. The molecule has 5 nitrogen and oxygen atoms in total. The average molecular weight is 267 g/mol. The Morgan fingerprint density at radius 3 is 3.00 bits per heavy atom. The third kappa shape index (κ3) is 2.62. The van der Waals surface area contributed by atoms with Crippen LogP contribution in [0.3, 0.4) is 0 Å². The highest BCUT2D eigenvalue weighted by atomic mass is 19.3. The summed E-state index contributed by atoms with van der Waals surface area (Å²) in [5.41, 5.74) is 0.281. The van der Waals surface area contributed by atoms with Crippen LogP contribution in [0.25, 0.3) is 0 Å². The van der Waals surface area contributed by atoms with Gasteiger partial charge in [-0.1, -0.05) is 0 Å². The number of hydrogen-bond acceptors (Lipinski definition) is 3. The van der Waals surface area contributed by atoms with Crippen molar-refractivity contribution < 1.29 is 18.7 Å². The lowest BCUT2D eigenvalue weighted by atomic mass is 9.87. The highest BCUT2D eigenvalue weighted by Gasteiger charge is 2.46. The zero-order valence-electron chi connectivity index (χ0n) is 9.88. The fraction of sp³-hybridized carbons (Fsp3) is 0.417. The van der Waals surface area contributed by atoms with Gasteiger partial charge in [-0.25, -0.2) is 18.6 Å². The number of likely N-dealkylation sites (tertiary alicyclic amines) is 1. The molecule has 0 aromatic carbocycles. The van der Waals surface area contributed by atoms with Gasteiger partial charge >= 0.3 is 6.09 Å². The summed E-state index contributed by atoms with van der Waals surface area (Å²) >= 11 is 0. The number of nitriles is 1. The lowest BCUT2D eigenvalue weighted by Gasteiger charge is -2.37. The minimum Gasteiger partial charge on any atom is -0.465 e. The quantitative estimate of drug-likeness (QED) is 0.844. The molecule has 19 heavy (non-hydrogen) atoms. The maximum Gasteiger partial charge on any atom is 0.407 e. The van der Waals surface area contributed by atoms with Crippen molar-refractivity contribution in [2.75, 3.05) is 13.1 Å². The van der Waals surface area contributed by atoms with Crippen molar-refractivity contribution in [1.82, 2.24) is 9.88 Å². The molecular formula is C12H11F2N3O2. The van der Waals surface area contributed by atoms with Gasteiger partial charge in [0.2, 0.25) is 0 Å². The van der Waals surface area contributed by atoms with Gasteiger partial charge in [-0.05, 0) is 17.7 Å². The Balaban J connectivity index is 2.33. The normalized spacial score (nSPS) is 21.7. The zero-order chi connectivity index (χ0) is 14.0. The number of piperidine rings is 1. The summed E-state index contributed by atoms with van der Waals surface area (Å²) in [5.74, 6) is -4.23. The first-order valence-corrected chi connectivity index (χ1v) is 5.66. The molecule has 1 saturated heterocycles. The largest absolute Gasteiger partial charge is 0.465 e. The van der Waals surface area contributed by atoms with Crippen LogP contribution < -0.4 is 0 Å². The van der Waals surface area contributed by atoms with E-state index < -0.39 is 24.4 Å². The predicted molar refractivity (Wildman–Crippen MR) is 60.9 cm³/mol. The molecule has 1 fully saturated rings. The van der Waals surface area contributed by atoms with Crippen LogP contribution in [0.4, 0.5) is 13.6 Å². The Labute approximate surface area is 108 Å². The number of hydrogen-bond donors (Lipinski definition) is 1. The van der Waals surface area contributed by atoms with E-state index >= 15 is 0 Å². The molecular weight excluding hydrogens is 256 g/mol. The molecule has 1 aromatic rings. The Morgan fingerprint density at radius 2 is 2.37 bits per heavy atom. The van der Waals surface area contributed by atoms with Crippen LogP contribution in [0.15, 0.2) is 18.3 Å². The highest BCUT2D eigenvalue weighted by Crippen LogP contribution is 2.40. The second kappa shape index (κ2) is 4.80. The molecule has 1 N–H and O–H groups in total. The number of halogens is 2. The average Bonchev–Trinajstić information content (AvgIpc) is 2.38. The number of nitrogens with zero attached hydrogens (tertiary/aromatic N) is 3. The van der Waals surface area contributed by atoms with E-state index in [1.165, 1.54) is 18.3 Å². The highest BCUT2D eigenvalue weighted by molar-refractivity contribution is 5.65. The standard InChI is InChI=1S/C12H11F2N3O2/c13-12(14)2-4-17(11(18)19)7-10(12)8-1-3-16-9(5-8)6-15/h1,3,5,10H,2,4,7H2,(H,18,19). The van der Waals surface area contributed by atoms with Crippen LogP contribution in [0.2, 0.25) is 0 Å². The molecule has 100 valence electrons. The molecule has 0 spiro atoms. The number of rotatable bonds is 1. The number of pyridine rings is 1. The zero-order valence-corrected chi connectivity index (χ0v) is 9.88. The van der Waals surface area contributed by atoms with Crippen molar-refractivity contribution in [3.63, 3.8) is 0 Å². The third-order valence-electron chi connectivity index (χ3n) is 3.20. The molecule has 2 heterocycles. The Hall–Kier alpha value is -2.23. The van der Waals surface area contributed by atoms with Crippen LogP contribution in [0.5, 0.6) is 0 Å². The molecule has 0 aliphatic carbocycles. The summed E-state index contributed by atoms with van der Waals surface area (Å²) < 4.78 is 27.8. The smallest absolute Gasteiger partial charge is 0.407 e. The number of alkyl halides is 2. The van der Waals surface area contributed by atoms with Gasteiger partial charge in [-0.3, -0.25) is 0 Å². The van der Waals surface area contributed by atoms with Crippen LogP contribution >= 0.6 is 0 Å². The van der Waals surface area contributed by atoms with Gasteiger partial charge in [0.05, 0.1) is 5.92 Å². The van der Waals surface area contributed by atoms with E-state index in [2.05, 4.69) is 4.98 Å². The van der Waals surface area contributed by atoms with Crippen molar-refractivity contribution in [3.8, 4) is 6.07 Å². The molecule has 1 amide bonds. The molecule has 1 atom stereocenters. The minimum atomic E-state index is -2.99. The maximum atomic E-state index is 13.9. The van der Waals surface area contributed by atoms with Crippen LogP contribution in [0.1, 0.15) is 23.6 Å². The minimum absolute atomic E-state index is 0.0424. The van der Waals surface area contributed by atoms with E-state index in [1.807, 2.05) is 0 Å². The summed E-state index contributed by atoms with van der Waals surface area (Å²) in [4.78, 5) is 15.6. The summed E-state index contributed by atoms with van der Waals surface area (Å²) in [6, 6.07) is 4.46.